The summed E-state index contributed by atoms with van der Waals surface area (Å²) in [5, 5.41) is -0.712. The summed E-state index contributed by atoms with van der Waals surface area (Å²) in [6.07, 6.45) is 0. The molecule has 0 aromatic heterocycles. The molecule has 2 aromatic rings. The Labute approximate surface area is 108 Å². The summed E-state index contributed by atoms with van der Waals surface area (Å²) < 4.78 is 39.1. The molecule has 0 heterocycles. The monoisotopic (exact) mass is 270 g/mol. The van der Waals surface area contributed by atoms with Gasteiger partial charge >= 0.3 is 0 Å². The van der Waals surface area contributed by atoms with Crippen molar-refractivity contribution in [3.63, 3.8) is 0 Å². The molecule has 0 amide bonds. The van der Waals surface area contributed by atoms with Gasteiger partial charge in [0.2, 0.25) is 0 Å². The van der Waals surface area contributed by atoms with Crippen molar-refractivity contribution in [2.75, 3.05) is 0 Å². The van der Waals surface area contributed by atoms with E-state index >= 15 is 0 Å². The third-order valence-corrected chi connectivity index (χ3v) is 3.24. The van der Waals surface area contributed by atoms with E-state index in [1.165, 1.54) is 18.2 Å². The summed E-state index contributed by atoms with van der Waals surface area (Å²) in [6, 6.07) is 7.65. The summed E-state index contributed by atoms with van der Waals surface area (Å²) in [4.78, 5) is 0. The Morgan fingerprint density at radius 1 is 0.944 bits per heavy atom. The molecule has 0 spiro atoms. The molecule has 0 saturated heterocycles. The number of halogens is 4. The van der Waals surface area contributed by atoms with Crippen molar-refractivity contribution in [3.05, 3.63) is 70.5 Å². The van der Waals surface area contributed by atoms with Crippen LogP contribution in [-0.2, 0) is 0 Å². The Morgan fingerprint density at radius 2 is 1.67 bits per heavy atom. The molecule has 0 radical (unpaired) electrons. The van der Waals surface area contributed by atoms with Crippen molar-refractivity contribution in [2.45, 2.75) is 12.3 Å². The first kappa shape index (κ1) is 13.0. The first-order valence-electron chi connectivity index (χ1n) is 5.34. The van der Waals surface area contributed by atoms with Crippen LogP contribution >= 0.6 is 11.6 Å². The Morgan fingerprint density at radius 3 is 2.33 bits per heavy atom. The predicted octanol–water partition coefficient (Wildman–Crippen LogP) is 4.74. The number of hydrogen-bond donors (Lipinski definition) is 0. The van der Waals surface area contributed by atoms with Gasteiger partial charge < -0.3 is 0 Å². The van der Waals surface area contributed by atoms with Crippen LogP contribution in [0.3, 0.4) is 0 Å². The van der Waals surface area contributed by atoms with E-state index in [2.05, 4.69) is 0 Å². The van der Waals surface area contributed by atoms with Crippen LogP contribution < -0.4 is 0 Å². The maximum Gasteiger partial charge on any atom is 0.159 e. The lowest BCUT2D eigenvalue weighted by molar-refractivity contribution is 0.507. The fourth-order valence-electron chi connectivity index (χ4n) is 1.73. The Kier molecular flexibility index (Phi) is 3.62. The molecule has 0 fully saturated rings. The standard InChI is InChI=1S/C14H10ClF3/c1-8-2-4-10(16)7-11(8)14(15)9-3-5-12(17)13(18)6-9/h2-7,14H,1H3. The zero-order chi connectivity index (χ0) is 13.3. The molecule has 94 valence electrons. The van der Waals surface area contributed by atoms with Gasteiger partial charge in [0.1, 0.15) is 5.82 Å². The van der Waals surface area contributed by atoms with Crippen LogP contribution in [0.5, 0.6) is 0 Å². The summed E-state index contributed by atoms with van der Waals surface area (Å²) in [6.45, 7) is 1.78. The molecule has 1 unspecified atom stereocenters. The van der Waals surface area contributed by atoms with E-state index in [-0.39, 0.29) is 0 Å². The third-order valence-electron chi connectivity index (χ3n) is 2.75. The van der Waals surface area contributed by atoms with E-state index in [0.717, 1.165) is 17.7 Å². The van der Waals surface area contributed by atoms with Gasteiger partial charge in [-0.05, 0) is 47.9 Å². The van der Waals surface area contributed by atoms with Crippen LogP contribution in [0.15, 0.2) is 36.4 Å². The second-order valence-corrected chi connectivity index (χ2v) is 4.47. The largest absolute Gasteiger partial charge is 0.207 e. The van der Waals surface area contributed by atoms with Gasteiger partial charge in [-0.1, -0.05) is 12.1 Å². The minimum absolute atomic E-state index is 0.393. The van der Waals surface area contributed by atoms with Gasteiger partial charge in [0, 0.05) is 0 Å². The molecule has 2 rings (SSSR count). The second-order valence-electron chi connectivity index (χ2n) is 4.04. The quantitative estimate of drug-likeness (QED) is 0.692. The van der Waals surface area contributed by atoms with E-state index in [0.29, 0.717) is 11.1 Å². The number of hydrogen-bond acceptors (Lipinski definition) is 0. The normalized spacial score (nSPS) is 12.5. The zero-order valence-electron chi connectivity index (χ0n) is 9.55. The van der Waals surface area contributed by atoms with Gasteiger partial charge in [-0.25, -0.2) is 13.2 Å². The number of aryl methyl sites for hydroxylation is 1. The fraction of sp³-hybridized carbons (Fsp3) is 0.143. The van der Waals surface area contributed by atoms with Crippen molar-refractivity contribution in [3.8, 4) is 0 Å². The lowest BCUT2D eigenvalue weighted by Gasteiger charge is -2.13. The predicted molar refractivity (Wildman–Crippen MR) is 65.2 cm³/mol. The van der Waals surface area contributed by atoms with Crippen LogP contribution in [0.1, 0.15) is 22.1 Å². The molecule has 1 atom stereocenters. The molecular weight excluding hydrogens is 261 g/mol. The molecule has 0 aliphatic carbocycles. The highest BCUT2D eigenvalue weighted by molar-refractivity contribution is 6.22. The van der Waals surface area contributed by atoms with Crippen molar-refractivity contribution < 1.29 is 13.2 Å². The maximum atomic E-state index is 13.2. The average molecular weight is 271 g/mol. The first-order valence-corrected chi connectivity index (χ1v) is 5.78. The molecule has 0 aliphatic heterocycles. The molecule has 0 N–H and O–H groups in total. The molecule has 4 heteroatoms. The summed E-state index contributed by atoms with van der Waals surface area (Å²) >= 11 is 6.18. The van der Waals surface area contributed by atoms with Gasteiger partial charge in [-0.15, -0.1) is 11.6 Å². The summed E-state index contributed by atoms with van der Waals surface area (Å²) in [5.41, 5.74) is 1.73. The van der Waals surface area contributed by atoms with Crippen LogP contribution in [0, 0.1) is 24.4 Å². The lowest BCUT2D eigenvalue weighted by Crippen LogP contribution is -1.99. The Balaban J connectivity index is 2.44. The molecule has 18 heavy (non-hydrogen) atoms. The van der Waals surface area contributed by atoms with Gasteiger partial charge in [0.15, 0.2) is 11.6 Å². The minimum Gasteiger partial charge on any atom is -0.207 e. The van der Waals surface area contributed by atoms with Crippen molar-refractivity contribution in [1.29, 1.82) is 0 Å². The molecule has 2 aromatic carbocycles. The fourth-order valence-corrected chi connectivity index (χ4v) is 2.10. The highest BCUT2D eigenvalue weighted by Crippen LogP contribution is 2.32. The molecule has 0 nitrogen and oxygen atoms in total. The van der Waals surface area contributed by atoms with E-state index in [1.807, 2.05) is 0 Å². The number of rotatable bonds is 2. The number of benzene rings is 2. The summed E-state index contributed by atoms with van der Waals surface area (Å²) in [7, 11) is 0. The number of alkyl halides is 1. The average Bonchev–Trinajstić information content (AvgIpc) is 2.35. The zero-order valence-corrected chi connectivity index (χ0v) is 10.3. The second kappa shape index (κ2) is 5.02. The van der Waals surface area contributed by atoms with E-state index in [1.54, 1.807) is 13.0 Å². The Hall–Kier alpha value is -1.48. The SMILES string of the molecule is Cc1ccc(F)cc1C(Cl)c1ccc(F)c(F)c1. The topological polar surface area (TPSA) is 0 Å². The highest BCUT2D eigenvalue weighted by atomic mass is 35.5. The highest BCUT2D eigenvalue weighted by Gasteiger charge is 2.15. The maximum absolute atomic E-state index is 13.2. The molecule has 0 aliphatic rings. The van der Waals surface area contributed by atoms with Gasteiger partial charge in [0.05, 0.1) is 5.38 Å². The molecule has 0 saturated carbocycles. The molecular formula is C14H10ClF3. The van der Waals surface area contributed by atoms with Crippen LogP contribution in [0.25, 0.3) is 0 Å². The van der Waals surface area contributed by atoms with Gasteiger partial charge in [-0.2, -0.15) is 0 Å². The van der Waals surface area contributed by atoms with Crippen LogP contribution in [-0.4, -0.2) is 0 Å². The van der Waals surface area contributed by atoms with Crippen LogP contribution in [0.4, 0.5) is 13.2 Å². The first-order chi connectivity index (χ1) is 8.49. The Bertz CT molecular complexity index is 581. The van der Waals surface area contributed by atoms with Crippen molar-refractivity contribution >= 4 is 11.6 Å². The van der Waals surface area contributed by atoms with Gasteiger partial charge in [0.25, 0.3) is 0 Å². The minimum atomic E-state index is -0.966. The lowest BCUT2D eigenvalue weighted by atomic mass is 10.00. The third kappa shape index (κ3) is 2.51. The van der Waals surface area contributed by atoms with Crippen molar-refractivity contribution in [1.82, 2.24) is 0 Å². The van der Waals surface area contributed by atoms with E-state index < -0.39 is 22.8 Å². The van der Waals surface area contributed by atoms with E-state index in [4.69, 9.17) is 11.6 Å². The summed E-state index contributed by atoms with van der Waals surface area (Å²) in [5.74, 6) is -2.31. The van der Waals surface area contributed by atoms with Gasteiger partial charge in [-0.3, -0.25) is 0 Å². The molecule has 0 bridgehead atoms. The van der Waals surface area contributed by atoms with E-state index in [9.17, 15) is 13.2 Å². The van der Waals surface area contributed by atoms with Crippen molar-refractivity contribution in [2.24, 2.45) is 0 Å². The van der Waals surface area contributed by atoms with Crippen LogP contribution in [0.2, 0.25) is 0 Å². The smallest absolute Gasteiger partial charge is 0.159 e.